The number of benzene rings is 1. The molecule has 0 radical (unpaired) electrons. The minimum Gasteiger partial charge on any atom is -0.396 e. The molecule has 0 spiro atoms. The van der Waals surface area contributed by atoms with Crippen molar-refractivity contribution in [2.75, 3.05) is 26.4 Å². The van der Waals surface area contributed by atoms with Crippen LogP contribution in [0.2, 0.25) is 0 Å². The van der Waals surface area contributed by atoms with Crippen molar-refractivity contribution >= 4 is 5.91 Å². The highest BCUT2D eigenvalue weighted by Gasteiger charge is 2.32. The fourth-order valence-electron chi connectivity index (χ4n) is 2.17. The summed E-state index contributed by atoms with van der Waals surface area (Å²) in [6.07, 6.45) is 1.46. The van der Waals surface area contributed by atoms with E-state index < -0.39 is 0 Å². The Labute approximate surface area is 111 Å². The summed E-state index contributed by atoms with van der Waals surface area (Å²) in [4.78, 5) is 11.9. The molecular weight excluding hydrogens is 249 g/mol. The van der Waals surface area contributed by atoms with Gasteiger partial charge < -0.3 is 15.2 Å². The first-order valence-corrected chi connectivity index (χ1v) is 6.38. The number of carbonyl (C=O) groups is 1. The van der Waals surface area contributed by atoms with Gasteiger partial charge >= 0.3 is 0 Å². The average Bonchev–Trinajstić information content (AvgIpc) is 2.46. The molecule has 0 bridgehead atoms. The largest absolute Gasteiger partial charge is 0.396 e. The van der Waals surface area contributed by atoms with Crippen molar-refractivity contribution in [3.63, 3.8) is 0 Å². The van der Waals surface area contributed by atoms with Gasteiger partial charge in [0.25, 0.3) is 5.91 Å². The minimum absolute atomic E-state index is 0.0278. The van der Waals surface area contributed by atoms with Crippen LogP contribution in [0, 0.1) is 11.2 Å². The first-order valence-electron chi connectivity index (χ1n) is 6.38. The molecule has 0 aromatic heterocycles. The first-order chi connectivity index (χ1) is 9.15. The summed E-state index contributed by atoms with van der Waals surface area (Å²) in [6.45, 7) is 1.64. The van der Waals surface area contributed by atoms with Crippen molar-refractivity contribution in [2.24, 2.45) is 5.41 Å². The van der Waals surface area contributed by atoms with Gasteiger partial charge in [-0.2, -0.15) is 0 Å². The lowest BCUT2D eigenvalue weighted by molar-refractivity contribution is -0.0146. The summed E-state index contributed by atoms with van der Waals surface area (Å²) in [7, 11) is 0. The molecule has 0 saturated carbocycles. The minimum atomic E-state index is -0.368. The third kappa shape index (κ3) is 3.52. The molecule has 1 saturated heterocycles. The van der Waals surface area contributed by atoms with Gasteiger partial charge in [-0.3, -0.25) is 4.79 Å². The Morgan fingerprint density at radius 3 is 2.53 bits per heavy atom. The molecule has 1 aromatic rings. The van der Waals surface area contributed by atoms with E-state index in [1.807, 2.05) is 0 Å². The zero-order valence-electron chi connectivity index (χ0n) is 10.7. The molecule has 104 valence electrons. The van der Waals surface area contributed by atoms with Crippen LogP contribution >= 0.6 is 0 Å². The van der Waals surface area contributed by atoms with Gasteiger partial charge in [-0.15, -0.1) is 0 Å². The number of amides is 1. The molecule has 1 aromatic carbocycles. The van der Waals surface area contributed by atoms with Gasteiger partial charge in [0.05, 0.1) is 6.61 Å². The van der Waals surface area contributed by atoms with E-state index in [-0.39, 0.29) is 23.7 Å². The Morgan fingerprint density at radius 2 is 1.95 bits per heavy atom. The SMILES string of the molecule is O=C(NCC1(CO)CCOCC1)c1ccc(F)cc1. The zero-order valence-corrected chi connectivity index (χ0v) is 10.7. The molecule has 0 aliphatic carbocycles. The summed E-state index contributed by atoms with van der Waals surface area (Å²) in [5.41, 5.74) is 0.120. The molecule has 5 heteroatoms. The van der Waals surface area contributed by atoms with Crippen molar-refractivity contribution in [1.29, 1.82) is 0 Å². The van der Waals surface area contributed by atoms with E-state index >= 15 is 0 Å². The predicted octanol–water partition coefficient (Wildman–Crippen LogP) is 1.34. The highest BCUT2D eigenvalue weighted by Crippen LogP contribution is 2.29. The number of carbonyl (C=O) groups excluding carboxylic acids is 1. The standard InChI is InChI=1S/C14H18FNO3/c15-12-3-1-11(2-4-12)13(18)16-9-14(10-17)5-7-19-8-6-14/h1-4,17H,5-10H2,(H,16,18). The Morgan fingerprint density at radius 1 is 1.32 bits per heavy atom. The number of aliphatic hydroxyl groups excluding tert-OH is 1. The van der Waals surface area contributed by atoms with Gasteiger partial charge in [0.1, 0.15) is 5.82 Å². The van der Waals surface area contributed by atoms with Crippen molar-refractivity contribution < 1.29 is 19.0 Å². The van der Waals surface area contributed by atoms with Crippen LogP contribution in [0.3, 0.4) is 0 Å². The van der Waals surface area contributed by atoms with E-state index in [4.69, 9.17) is 4.74 Å². The molecule has 1 fully saturated rings. The van der Waals surface area contributed by atoms with Gasteiger partial charge in [-0.25, -0.2) is 4.39 Å². The fourth-order valence-corrected chi connectivity index (χ4v) is 2.17. The summed E-state index contributed by atoms with van der Waals surface area (Å²) >= 11 is 0. The van der Waals surface area contributed by atoms with Crippen LogP contribution in [-0.4, -0.2) is 37.4 Å². The topological polar surface area (TPSA) is 58.6 Å². The smallest absolute Gasteiger partial charge is 0.251 e. The van der Waals surface area contributed by atoms with Gasteiger partial charge in [0.2, 0.25) is 0 Å². The number of halogens is 1. The highest BCUT2D eigenvalue weighted by molar-refractivity contribution is 5.94. The zero-order chi connectivity index (χ0) is 13.7. The van der Waals surface area contributed by atoms with E-state index in [0.717, 1.165) is 12.8 Å². The van der Waals surface area contributed by atoms with Crippen LogP contribution in [0.25, 0.3) is 0 Å². The summed E-state index contributed by atoms with van der Waals surface area (Å²) in [6, 6.07) is 5.40. The van der Waals surface area contributed by atoms with E-state index in [9.17, 15) is 14.3 Å². The monoisotopic (exact) mass is 267 g/mol. The van der Waals surface area contributed by atoms with E-state index in [2.05, 4.69) is 5.32 Å². The quantitative estimate of drug-likeness (QED) is 0.865. The lowest BCUT2D eigenvalue weighted by atomic mass is 9.81. The first kappa shape index (κ1) is 14.0. The average molecular weight is 267 g/mol. The Balaban J connectivity index is 1.93. The van der Waals surface area contributed by atoms with Crippen molar-refractivity contribution in [2.45, 2.75) is 12.8 Å². The number of hydrogen-bond acceptors (Lipinski definition) is 3. The molecule has 1 heterocycles. The number of aliphatic hydroxyl groups is 1. The summed E-state index contributed by atoms with van der Waals surface area (Å²) < 4.78 is 18.0. The maximum Gasteiger partial charge on any atom is 0.251 e. The lowest BCUT2D eigenvalue weighted by Crippen LogP contribution is -2.43. The Hall–Kier alpha value is -1.46. The second-order valence-electron chi connectivity index (χ2n) is 4.96. The van der Waals surface area contributed by atoms with E-state index in [1.165, 1.54) is 24.3 Å². The van der Waals surface area contributed by atoms with E-state index in [0.29, 0.717) is 25.3 Å². The van der Waals surface area contributed by atoms with E-state index in [1.54, 1.807) is 0 Å². The van der Waals surface area contributed by atoms with Crippen LogP contribution < -0.4 is 5.32 Å². The summed E-state index contributed by atoms with van der Waals surface area (Å²) in [5.74, 6) is -0.618. The number of nitrogens with one attached hydrogen (secondary N) is 1. The van der Waals surface area contributed by atoms with Gasteiger partial charge in [-0.05, 0) is 37.1 Å². The molecule has 0 unspecified atom stereocenters. The summed E-state index contributed by atoms with van der Waals surface area (Å²) in [5, 5.41) is 12.3. The number of hydrogen-bond donors (Lipinski definition) is 2. The van der Waals surface area contributed by atoms with Crippen molar-refractivity contribution in [3.8, 4) is 0 Å². The third-order valence-corrected chi connectivity index (χ3v) is 3.62. The highest BCUT2D eigenvalue weighted by atomic mass is 19.1. The van der Waals surface area contributed by atoms with Crippen LogP contribution in [-0.2, 0) is 4.74 Å². The Kier molecular flexibility index (Phi) is 4.50. The molecule has 1 aliphatic heterocycles. The second-order valence-corrected chi connectivity index (χ2v) is 4.96. The van der Waals surface area contributed by atoms with Gasteiger partial charge in [0.15, 0.2) is 0 Å². The van der Waals surface area contributed by atoms with Crippen LogP contribution in [0.4, 0.5) is 4.39 Å². The lowest BCUT2D eigenvalue weighted by Gasteiger charge is -2.35. The number of rotatable bonds is 4. The van der Waals surface area contributed by atoms with Gasteiger partial charge in [0, 0.05) is 30.7 Å². The van der Waals surface area contributed by atoms with Crippen LogP contribution in [0.15, 0.2) is 24.3 Å². The molecule has 0 atom stereocenters. The van der Waals surface area contributed by atoms with Crippen molar-refractivity contribution in [3.05, 3.63) is 35.6 Å². The maximum atomic E-state index is 12.8. The predicted molar refractivity (Wildman–Crippen MR) is 68.3 cm³/mol. The molecule has 4 nitrogen and oxygen atoms in total. The van der Waals surface area contributed by atoms with Crippen LogP contribution in [0.5, 0.6) is 0 Å². The maximum absolute atomic E-state index is 12.8. The van der Waals surface area contributed by atoms with Gasteiger partial charge in [-0.1, -0.05) is 0 Å². The van der Waals surface area contributed by atoms with Crippen LogP contribution in [0.1, 0.15) is 23.2 Å². The van der Waals surface area contributed by atoms with Crippen molar-refractivity contribution in [1.82, 2.24) is 5.32 Å². The molecule has 1 aliphatic rings. The molecule has 1 amide bonds. The third-order valence-electron chi connectivity index (χ3n) is 3.62. The molecule has 19 heavy (non-hydrogen) atoms. The molecule has 2 N–H and O–H groups in total. The molecule has 2 rings (SSSR count). The number of ether oxygens (including phenoxy) is 1. The molecular formula is C14H18FNO3. The fraction of sp³-hybridized carbons (Fsp3) is 0.500. The normalized spacial score (nSPS) is 18.0. The second kappa shape index (κ2) is 6.12. The Bertz CT molecular complexity index is 427.